The van der Waals surface area contributed by atoms with Gasteiger partial charge >= 0.3 is 0 Å². The predicted octanol–water partition coefficient (Wildman–Crippen LogP) is 3.10. The molecule has 0 radical (unpaired) electrons. The van der Waals surface area contributed by atoms with Crippen molar-refractivity contribution < 1.29 is 9.90 Å². The Morgan fingerprint density at radius 2 is 2.00 bits per heavy atom. The molecule has 0 aromatic carbocycles. The fourth-order valence-corrected chi connectivity index (χ4v) is 3.45. The standard InChI is InChI=1S/C22H24N4O3/c1-4-19(27)17-7-12(2)16(11-23-17)15-8-14-10-24-20(25-21(28)13-5-6-13)9-18(14)26(3)22(15)29/h7-11,13,19,27H,4-6H2,1-3H3,(H,24,25,28)/t19-/m1/s1. The average Bonchev–Trinajstić information content (AvgIpc) is 3.56. The fourth-order valence-electron chi connectivity index (χ4n) is 3.45. The predicted molar refractivity (Wildman–Crippen MR) is 112 cm³/mol. The Morgan fingerprint density at radius 3 is 2.66 bits per heavy atom. The fraction of sp³-hybridized carbons (Fsp3) is 0.364. The van der Waals surface area contributed by atoms with Gasteiger partial charge in [0, 0.05) is 47.9 Å². The van der Waals surface area contributed by atoms with Crippen LogP contribution in [0.15, 0.2) is 35.4 Å². The second-order valence-electron chi connectivity index (χ2n) is 7.66. The van der Waals surface area contributed by atoms with Crippen molar-refractivity contribution in [2.75, 3.05) is 5.32 Å². The number of aliphatic hydroxyl groups is 1. The Hall–Kier alpha value is -3.06. The zero-order valence-corrected chi connectivity index (χ0v) is 16.8. The summed E-state index contributed by atoms with van der Waals surface area (Å²) in [5.74, 6) is 0.519. The SMILES string of the molecule is CC[C@@H](O)c1cc(C)c(-c2cc3cnc(NC(=O)C4CC4)cc3n(C)c2=O)cn1. The molecule has 0 aliphatic heterocycles. The minimum Gasteiger partial charge on any atom is -0.387 e. The zero-order valence-electron chi connectivity index (χ0n) is 16.8. The van der Waals surface area contributed by atoms with Crippen LogP contribution in [0.3, 0.4) is 0 Å². The third-order valence-electron chi connectivity index (χ3n) is 5.46. The summed E-state index contributed by atoms with van der Waals surface area (Å²) in [6.07, 6.45) is 5.11. The molecule has 150 valence electrons. The van der Waals surface area contributed by atoms with Gasteiger partial charge in [-0.15, -0.1) is 0 Å². The number of fused-ring (bicyclic) bond motifs is 1. The van der Waals surface area contributed by atoms with Gasteiger partial charge in [-0.2, -0.15) is 0 Å². The molecule has 1 amide bonds. The Labute approximate surface area is 168 Å². The minimum atomic E-state index is -0.615. The number of anilines is 1. The van der Waals surface area contributed by atoms with Crippen LogP contribution in [0.2, 0.25) is 0 Å². The second-order valence-corrected chi connectivity index (χ2v) is 7.66. The highest BCUT2D eigenvalue weighted by molar-refractivity contribution is 5.95. The molecule has 3 aromatic rings. The van der Waals surface area contributed by atoms with Crippen molar-refractivity contribution in [1.29, 1.82) is 0 Å². The maximum absolute atomic E-state index is 13.0. The van der Waals surface area contributed by atoms with E-state index in [0.29, 0.717) is 29.0 Å². The third kappa shape index (κ3) is 3.65. The second kappa shape index (κ2) is 7.40. The van der Waals surface area contributed by atoms with E-state index in [0.717, 1.165) is 29.4 Å². The van der Waals surface area contributed by atoms with Crippen LogP contribution >= 0.6 is 0 Å². The van der Waals surface area contributed by atoms with E-state index in [1.807, 2.05) is 19.9 Å². The number of carbonyl (C=O) groups excluding carboxylic acids is 1. The summed E-state index contributed by atoms with van der Waals surface area (Å²) in [5, 5.41) is 13.6. The normalized spacial score (nSPS) is 14.8. The number of aromatic nitrogens is 3. The zero-order chi connectivity index (χ0) is 20.7. The quantitative estimate of drug-likeness (QED) is 0.695. The molecule has 1 fully saturated rings. The maximum atomic E-state index is 13.0. The highest BCUT2D eigenvalue weighted by atomic mass is 16.3. The lowest BCUT2D eigenvalue weighted by atomic mass is 10.0. The summed E-state index contributed by atoms with van der Waals surface area (Å²) in [6.45, 7) is 3.80. The van der Waals surface area contributed by atoms with E-state index >= 15 is 0 Å². The molecule has 1 aliphatic carbocycles. The Kier molecular flexibility index (Phi) is 4.92. The van der Waals surface area contributed by atoms with Gasteiger partial charge in [0.25, 0.3) is 5.56 Å². The molecule has 3 heterocycles. The van der Waals surface area contributed by atoms with Crippen LogP contribution in [0.4, 0.5) is 5.82 Å². The van der Waals surface area contributed by atoms with Crippen molar-refractivity contribution >= 4 is 22.6 Å². The van der Waals surface area contributed by atoms with Crippen LogP contribution in [0.1, 0.15) is 43.5 Å². The van der Waals surface area contributed by atoms with E-state index in [2.05, 4.69) is 15.3 Å². The lowest BCUT2D eigenvalue weighted by Gasteiger charge is -2.13. The number of aryl methyl sites for hydroxylation is 2. The largest absolute Gasteiger partial charge is 0.387 e. The Bertz CT molecular complexity index is 1160. The van der Waals surface area contributed by atoms with Crippen molar-refractivity contribution in [1.82, 2.24) is 14.5 Å². The molecule has 0 unspecified atom stereocenters. The summed E-state index contributed by atoms with van der Waals surface area (Å²) in [6, 6.07) is 5.35. The van der Waals surface area contributed by atoms with Gasteiger partial charge in [0.1, 0.15) is 5.82 Å². The number of hydrogen-bond donors (Lipinski definition) is 2. The number of amides is 1. The summed E-state index contributed by atoms with van der Waals surface area (Å²) >= 11 is 0. The monoisotopic (exact) mass is 392 g/mol. The van der Waals surface area contributed by atoms with Gasteiger partial charge in [0.15, 0.2) is 0 Å². The van der Waals surface area contributed by atoms with E-state index in [9.17, 15) is 14.7 Å². The van der Waals surface area contributed by atoms with Crippen molar-refractivity contribution in [2.45, 2.75) is 39.2 Å². The summed E-state index contributed by atoms with van der Waals surface area (Å²) < 4.78 is 1.56. The van der Waals surface area contributed by atoms with Crippen LogP contribution in [-0.2, 0) is 11.8 Å². The molecule has 7 nitrogen and oxygen atoms in total. The number of nitrogens with zero attached hydrogens (tertiary/aromatic N) is 3. The number of nitrogens with one attached hydrogen (secondary N) is 1. The van der Waals surface area contributed by atoms with Crippen molar-refractivity contribution in [2.24, 2.45) is 13.0 Å². The van der Waals surface area contributed by atoms with Gasteiger partial charge < -0.3 is 15.0 Å². The van der Waals surface area contributed by atoms with E-state index in [4.69, 9.17) is 0 Å². The van der Waals surface area contributed by atoms with Gasteiger partial charge in [-0.25, -0.2) is 4.98 Å². The number of rotatable bonds is 5. The van der Waals surface area contributed by atoms with Crippen LogP contribution in [0, 0.1) is 12.8 Å². The van der Waals surface area contributed by atoms with E-state index in [1.54, 1.807) is 36.1 Å². The van der Waals surface area contributed by atoms with Crippen LogP contribution < -0.4 is 10.9 Å². The van der Waals surface area contributed by atoms with Gasteiger partial charge in [-0.05, 0) is 43.9 Å². The highest BCUT2D eigenvalue weighted by Gasteiger charge is 2.29. The topological polar surface area (TPSA) is 97.1 Å². The molecule has 0 saturated heterocycles. The minimum absolute atomic E-state index is 0.0190. The van der Waals surface area contributed by atoms with Crippen molar-refractivity contribution in [3.05, 3.63) is 52.2 Å². The van der Waals surface area contributed by atoms with Crippen molar-refractivity contribution in [3.8, 4) is 11.1 Å². The molecule has 0 bridgehead atoms. The smallest absolute Gasteiger partial charge is 0.258 e. The molecule has 3 aromatic heterocycles. The third-order valence-corrected chi connectivity index (χ3v) is 5.46. The van der Waals surface area contributed by atoms with Gasteiger partial charge in [-0.3, -0.25) is 14.6 Å². The maximum Gasteiger partial charge on any atom is 0.258 e. The van der Waals surface area contributed by atoms with E-state index in [-0.39, 0.29) is 17.4 Å². The molecule has 1 aliphatic rings. The Morgan fingerprint density at radius 1 is 1.24 bits per heavy atom. The first-order chi connectivity index (χ1) is 13.9. The molecule has 1 atom stereocenters. The first-order valence-electron chi connectivity index (χ1n) is 9.84. The highest BCUT2D eigenvalue weighted by Crippen LogP contribution is 2.30. The Balaban J connectivity index is 1.75. The molecule has 7 heteroatoms. The van der Waals surface area contributed by atoms with Crippen LogP contribution in [-0.4, -0.2) is 25.5 Å². The number of carbonyl (C=O) groups is 1. The lowest BCUT2D eigenvalue weighted by Crippen LogP contribution is -2.20. The van der Waals surface area contributed by atoms with Gasteiger partial charge in [0.2, 0.25) is 5.91 Å². The number of pyridine rings is 3. The molecule has 2 N–H and O–H groups in total. The summed E-state index contributed by atoms with van der Waals surface area (Å²) in [7, 11) is 1.71. The van der Waals surface area contributed by atoms with Gasteiger partial charge in [0.05, 0.1) is 17.3 Å². The average molecular weight is 392 g/mol. The molecule has 29 heavy (non-hydrogen) atoms. The number of hydrogen-bond acceptors (Lipinski definition) is 5. The summed E-state index contributed by atoms with van der Waals surface area (Å²) in [4.78, 5) is 33.7. The molecule has 4 rings (SSSR count). The molecule has 1 saturated carbocycles. The molecule has 0 spiro atoms. The first kappa shape index (κ1) is 19.3. The summed E-state index contributed by atoms with van der Waals surface area (Å²) in [5.41, 5.74) is 3.27. The molecular formula is C22H24N4O3. The van der Waals surface area contributed by atoms with E-state index < -0.39 is 6.10 Å². The van der Waals surface area contributed by atoms with Gasteiger partial charge in [-0.1, -0.05) is 6.92 Å². The lowest BCUT2D eigenvalue weighted by molar-refractivity contribution is -0.117. The van der Waals surface area contributed by atoms with E-state index in [1.165, 1.54) is 0 Å². The van der Waals surface area contributed by atoms with Crippen LogP contribution in [0.25, 0.3) is 22.0 Å². The van der Waals surface area contributed by atoms with Crippen LogP contribution in [0.5, 0.6) is 0 Å². The van der Waals surface area contributed by atoms with Crippen molar-refractivity contribution in [3.63, 3.8) is 0 Å². The number of aliphatic hydroxyl groups excluding tert-OH is 1. The first-order valence-corrected chi connectivity index (χ1v) is 9.84. The molecular weight excluding hydrogens is 368 g/mol.